The number of benzene rings is 1. The first-order valence-corrected chi connectivity index (χ1v) is 10.6. The molecule has 0 aliphatic heterocycles. The molecular weight excluding hydrogens is 359 g/mol. The molecule has 0 saturated heterocycles. The van der Waals surface area contributed by atoms with Crippen molar-refractivity contribution in [2.45, 2.75) is 57.4 Å². The minimum Gasteiger partial charge on any atom is -0.320 e. The molecule has 2 aromatic rings. The fourth-order valence-electron chi connectivity index (χ4n) is 2.81. The van der Waals surface area contributed by atoms with Crippen molar-refractivity contribution in [3.8, 4) is 0 Å². The summed E-state index contributed by atoms with van der Waals surface area (Å²) in [6.07, 6.45) is 2.34. The molecule has 7 heteroatoms. The maximum Gasteiger partial charge on any atom is 0.285 e. The Kier molecular flexibility index (Phi) is 4.66. The number of hydrogen-bond acceptors (Lipinski definition) is 3. The van der Waals surface area contributed by atoms with E-state index in [2.05, 4.69) is 25.2 Å². The van der Waals surface area contributed by atoms with E-state index in [4.69, 9.17) is 0 Å². The van der Waals surface area contributed by atoms with Crippen molar-refractivity contribution in [2.75, 3.05) is 0 Å². The molecule has 1 aromatic heterocycles. The van der Waals surface area contributed by atoms with Gasteiger partial charge >= 0.3 is 0 Å². The van der Waals surface area contributed by atoms with E-state index >= 15 is 0 Å². The van der Waals surface area contributed by atoms with Crippen LogP contribution in [0, 0.1) is 18.7 Å². The Labute approximate surface area is 152 Å². The zero-order valence-electron chi connectivity index (χ0n) is 14.9. The van der Waals surface area contributed by atoms with Crippen molar-refractivity contribution in [1.82, 2.24) is 4.57 Å². The molecule has 0 radical (unpaired) electrons. The molecular formula is C18H23FN2O2S2. The number of halogens is 1. The second-order valence-electron chi connectivity index (χ2n) is 7.63. The fraction of sp³-hybridized carbons (Fsp3) is 0.500. The van der Waals surface area contributed by atoms with Crippen molar-refractivity contribution >= 4 is 21.4 Å². The molecule has 25 heavy (non-hydrogen) atoms. The summed E-state index contributed by atoms with van der Waals surface area (Å²) in [5.41, 5.74) is 0.980. The number of thiazole rings is 1. The average Bonchev–Trinajstić information content (AvgIpc) is 3.26. The van der Waals surface area contributed by atoms with E-state index in [0.29, 0.717) is 10.7 Å². The average molecular weight is 383 g/mol. The molecule has 1 saturated carbocycles. The highest BCUT2D eigenvalue weighted by Gasteiger charge is 2.27. The molecule has 136 valence electrons. The van der Waals surface area contributed by atoms with Crippen molar-refractivity contribution in [1.29, 1.82) is 0 Å². The highest BCUT2D eigenvalue weighted by molar-refractivity contribution is 7.90. The van der Waals surface area contributed by atoms with E-state index in [0.717, 1.165) is 23.2 Å². The Bertz CT molecular complexity index is 962. The van der Waals surface area contributed by atoms with E-state index in [1.807, 2.05) is 11.5 Å². The first kappa shape index (κ1) is 18.3. The molecule has 0 amide bonds. The zero-order valence-corrected chi connectivity index (χ0v) is 16.5. The van der Waals surface area contributed by atoms with E-state index < -0.39 is 15.8 Å². The Morgan fingerprint density at radius 2 is 2.00 bits per heavy atom. The number of aromatic nitrogens is 1. The van der Waals surface area contributed by atoms with Gasteiger partial charge in [-0.1, -0.05) is 26.8 Å². The van der Waals surface area contributed by atoms with Crippen LogP contribution in [0.2, 0.25) is 0 Å². The van der Waals surface area contributed by atoms with Gasteiger partial charge in [-0.05, 0) is 49.3 Å². The van der Waals surface area contributed by atoms with Gasteiger partial charge in [-0.2, -0.15) is 8.42 Å². The van der Waals surface area contributed by atoms with Gasteiger partial charge in [0, 0.05) is 17.1 Å². The molecule has 0 atom stereocenters. The summed E-state index contributed by atoms with van der Waals surface area (Å²) in [4.78, 5) is 1.48. The molecule has 0 unspecified atom stereocenters. The van der Waals surface area contributed by atoms with Crippen LogP contribution in [-0.2, 0) is 22.0 Å². The minimum absolute atomic E-state index is 0.0869. The fourth-order valence-corrected chi connectivity index (χ4v) is 5.24. The van der Waals surface area contributed by atoms with Gasteiger partial charge in [0.25, 0.3) is 10.0 Å². The van der Waals surface area contributed by atoms with Gasteiger partial charge in [0.2, 0.25) is 4.80 Å². The summed E-state index contributed by atoms with van der Waals surface area (Å²) in [5, 5.41) is 0. The predicted octanol–water partition coefficient (Wildman–Crippen LogP) is 3.99. The largest absolute Gasteiger partial charge is 0.320 e. The second-order valence-corrected chi connectivity index (χ2v) is 10.2. The van der Waals surface area contributed by atoms with Gasteiger partial charge in [-0.15, -0.1) is 15.7 Å². The Balaban J connectivity index is 2.16. The number of nitrogens with zero attached hydrogens (tertiary/aromatic N) is 2. The van der Waals surface area contributed by atoms with Crippen molar-refractivity contribution in [3.05, 3.63) is 45.5 Å². The lowest BCUT2D eigenvalue weighted by molar-refractivity contribution is 0.562. The van der Waals surface area contributed by atoms with Crippen LogP contribution in [0.3, 0.4) is 0 Å². The van der Waals surface area contributed by atoms with Crippen LogP contribution in [0.4, 0.5) is 4.39 Å². The maximum atomic E-state index is 13.4. The van der Waals surface area contributed by atoms with Crippen molar-refractivity contribution in [3.63, 3.8) is 0 Å². The molecule has 1 aromatic carbocycles. The van der Waals surface area contributed by atoms with Crippen LogP contribution < -0.4 is 4.80 Å². The molecule has 1 fully saturated rings. The Morgan fingerprint density at radius 3 is 2.56 bits per heavy atom. The molecule has 3 rings (SSSR count). The van der Waals surface area contributed by atoms with Gasteiger partial charge in [0.05, 0.1) is 4.90 Å². The molecule has 0 bridgehead atoms. The molecule has 1 aliphatic rings. The summed E-state index contributed by atoms with van der Waals surface area (Å²) >= 11 is 1.41. The van der Waals surface area contributed by atoms with E-state index in [1.54, 1.807) is 0 Å². The molecule has 4 nitrogen and oxygen atoms in total. The van der Waals surface area contributed by atoms with Gasteiger partial charge in [0.1, 0.15) is 5.82 Å². The molecule has 1 heterocycles. The summed E-state index contributed by atoms with van der Waals surface area (Å²) < 4.78 is 44.8. The topological polar surface area (TPSA) is 51.4 Å². The molecule has 0 spiro atoms. The third-order valence-electron chi connectivity index (χ3n) is 4.27. The van der Waals surface area contributed by atoms with Gasteiger partial charge in [-0.3, -0.25) is 0 Å². The Hall–Kier alpha value is -1.47. The quantitative estimate of drug-likeness (QED) is 0.803. The third-order valence-corrected chi connectivity index (χ3v) is 7.25. The SMILES string of the molecule is Cc1c(C(C)(C)C)sc(=NS(=O)(=O)c2cccc(F)c2)n1CC1CC1. The summed E-state index contributed by atoms with van der Waals surface area (Å²) in [5.74, 6) is 0.0109. The predicted molar refractivity (Wildman–Crippen MR) is 97.6 cm³/mol. The lowest BCUT2D eigenvalue weighted by Crippen LogP contribution is -2.20. The smallest absolute Gasteiger partial charge is 0.285 e. The highest BCUT2D eigenvalue weighted by Crippen LogP contribution is 2.33. The Morgan fingerprint density at radius 1 is 1.32 bits per heavy atom. The van der Waals surface area contributed by atoms with Crippen LogP contribution >= 0.6 is 11.3 Å². The summed E-state index contributed by atoms with van der Waals surface area (Å²) in [7, 11) is -3.95. The van der Waals surface area contributed by atoms with Crippen LogP contribution in [0.1, 0.15) is 44.2 Å². The van der Waals surface area contributed by atoms with E-state index in [1.165, 1.54) is 42.4 Å². The second kappa shape index (κ2) is 6.36. The zero-order chi connectivity index (χ0) is 18.4. The first-order valence-electron chi connectivity index (χ1n) is 8.35. The van der Waals surface area contributed by atoms with E-state index in [-0.39, 0.29) is 10.3 Å². The molecule has 0 N–H and O–H groups in total. The number of hydrogen-bond donors (Lipinski definition) is 0. The lowest BCUT2D eigenvalue weighted by Gasteiger charge is -2.17. The maximum absolute atomic E-state index is 13.4. The highest BCUT2D eigenvalue weighted by atomic mass is 32.2. The van der Waals surface area contributed by atoms with Crippen molar-refractivity contribution < 1.29 is 12.8 Å². The van der Waals surface area contributed by atoms with Gasteiger partial charge < -0.3 is 4.57 Å². The number of sulfonamides is 1. The lowest BCUT2D eigenvalue weighted by atomic mass is 9.93. The summed E-state index contributed by atoms with van der Waals surface area (Å²) in [6, 6.07) is 4.99. The standard InChI is InChI=1S/C18H23FN2O2S2/c1-12-16(18(2,3)4)24-17(21(12)11-13-8-9-13)20-25(22,23)15-7-5-6-14(19)10-15/h5-7,10,13H,8-9,11H2,1-4H3. The van der Waals surface area contributed by atoms with Crippen LogP contribution in [0.5, 0.6) is 0 Å². The van der Waals surface area contributed by atoms with Gasteiger partial charge in [-0.25, -0.2) is 4.39 Å². The van der Waals surface area contributed by atoms with Crippen LogP contribution in [0.25, 0.3) is 0 Å². The van der Waals surface area contributed by atoms with Crippen molar-refractivity contribution in [2.24, 2.45) is 10.3 Å². The van der Waals surface area contributed by atoms with E-state index in [9.17, 15) is 12.8 Å². The van der Waals surface area contributed by atoms with Crippen LogP contribution in [0.15, 0.2) is 33.6 Å². The van der Waals surface area contributed by atoms with Crippen LogP contribution in [-0.4, -0.2) is 13.0 Å². The first-order chi connectivity index (χ1) is 11.6. The minimum atomic E-state index is -3.95. The molecule has 1 aliphatic carbocycles. The number of rotatable bonds is 4. The monoisotopic (exact) mass is 382 g/mol. The normalized spacial score (nSPS) is 16.4. The van der Waals surface area contributed by atoms with Gasteiger partial charge in [0.15, 0.2) is 0 Å². The third kappa shape index (κ3) is 4.03. The summed E-state index contributed by atoms with van der Waals surface area (Å²) in [6.45, 7) is 9.14.